The van der Waals surface area contributed by atoms with Gasteiger partial charge >= 0.3 is 0 Å². The van der Waals surface area contributed by atoms with E-state index < -0.39 is 0 Å². The van der Waals surface area contributed by atoms with Gasteiger partial charge < -0.3 is 15.2 Å². The van der Waals surface area contributed by atoms with Gasteiger partial charge in [0.15, 0.2) is 0 Å². The number of hydrogen-bond donors (Lipinski definition) is 2. The number of ether oxygens (including phenoxy) is 1. The first-order chi connectivity index (χ1) is 12.1. The van der Waals surface area contributed by atoms with Crippen molar-refractivity contribution in [1.82, 2.24) is 5.32 Å². The third-order valence-corrected chi connectivity index (χ3v) is 5.00. The van der Waals surface area contributed by atoms with Crippen LogP contribution in [-0.2, 0) is 0 Å². The molecule has 1 fully saturated rings. The number of carbonyl (C=O) groups is 1. The molecule has 132 valence electrons. The minimum Gasteiger partial charge on any atom is -0.497 e. The molecule has 4 heteroatoms. The van der Waals surface area contributed by atoms with E-state index in [4.69, 9.17) is 4.74 Å². The molecule has 0 radical (unpaired) electrons. The maximum absolute atomic E-state index is 12.6. The van der Waals surface area contributed by atoms with Crippen LogP contribution in [0, 0.1) is 5.92 Å². The van der Waals surface area contributed by atoms with Gasteiger partial charge in [0.2, 0.25) is 0 Å². The summed E-state index contributed by atoms with van der Waals surface area (Å²) in [5, 5.41) is 12.6. The van der Waals surface area contributed by atoms with Crippen molar-refractivity contribution in [2.24, 2.45) is 5.92 Å². The van der Waals surface area contributed by atoms with Gasteiger partial charge in [0.1, 0.15) is 5.75 Å². The van der Waals surface area contributed by atoms with Crippen molar-refractivity contribution in [3.05, 3.63) is 54.1 Å². The van der Waals surface area contributed by atoms with Crippen LogP contribution in [0.2, 0.25) is 0 Å². The summed E-state index contributed by atoms with van der Waals surface area (Å²) in [7, 11) is 1.64. The monoisotopic (exact) mass is 339 g/mol. The van der Waals surface area contributed by atoms with Crippen LogP contribution >= 0.6 is 0 Å². The molecule has 1 aliphatic carbocycles. The zero-order chi connectivity index (χ0) is 17.8. The molecule has 1 atom stereocenters. The highest BCUT2D eigenvalue weighted by Crippen LogP contribution is 2.31. The molecule has 0 aliphatic heterocycles. The predicted molar refractivity (Wildman–Crippen MR) is 98.7 cm³/mol. The number of carbonyl (C=O) groups excluding carboxylic acids is 1. The lowest BCUT2D eigenvalue weighted by Crippen LogP contribution is -2.46. The Morgan fingerprint density at radius 1 is 1.20 bits per heavy atom. The van der Waals surface area contributed by atoms with Gasteiger partial charge in [-0.05, 0) is 60.6 Å². The van der Waals surface area contributed by atoms with Crippen molar-refractivity contribution >= 4 is 5.91 Å². The Morgan fingerprint density at radius 2 is 1.88 bits per heavy atom. The number of aliphatic hydroxyl groups is 1. The number of methoxy groups -OCH3 is 1. The number of benzene rings is 2. The first-order valence-corrected chi connectivity index (χ1v) is 8.84. The number of hydrogen-bond acceptors (Lipinski definition) is 3. The van der Waals surface area contributed by atoms with E-state index >= 15 is 0 Å². The first kappa shape index (κ1) is 17.5. The first-order valence-electron chi connectivity index (χ1n) is 8.84. The van der Waals surface area contributed by atoms with Gasteiger partial charge in [-0.3, -0.25) is 4.79 Å². The summed E-state index contributed by atoms with van der Waals surface area (Å²) in [6, 6.07) is 15.6. The maximum Gasteiger partial charge on any atom is 0.251 e. The summed E-state index contributed by atoms with van der Waals surface area (Å²) in [4.78, 5) is 12.6. The largest absolute Gasteiger partial charge is 0.497 e. The van der Waals surface area contributed by atoms with E-state index in [1.807, 2.05) is 48.5 Å². The molecule has 0 bridgehead atoms. The Morgan fingerprint density at radius 3 is 2.52 bits per heavy atom. The molecule has 2 N–H and O–H groups in total. The average molecular weight is 339 g/mol. The van der Waals surface area contributed by atoms with Crippen molar-refractivity contribution in [1.29, 1.82) is 0 Å². The van der Waals surface area contributed by atoms with Crippen LogP contribution in [0.4, 0.5) is 0 Å². The Labute approximate surface area is 148 Å². The normalized spacial score (nSPS) is 20.4. The minimum absolute atomic E-state index is 0.0574. The van der Waals surface area contributed by atoms with Crippen molar-refractivity contribution < 1.29 is 14.6 Å². The lowest BCUT2D eigenvalue weighted by molar-refractivity contribution is 0.0232. The van der Waals surface area contributed by atoms with Gasteiger partial charge in [-0.25, -0.2) is 0 Å². The lowest BCUT2D eigenvalue weighted by Gasteiger charge is -2.37. The standard InChI is InChI=1S/C21H25NO3/c1-3-20(17-11-18(23)12-17)22-21(24)16-8-4-6-14(10-16)15-7-5-9-19(13-15)25-2/h4-10,13,17-18,20,23H,3,11-12H2,1-2H3,(H,22,24)/t17?,18?,20-/m1/s1. The topological polar surface area (TPSA) is 58.6 Å². The van der Waals surface area contributed by atoms with Gasteiger partial charge in [-0.15, -0.1) is 0 Å². The summed E-state index contributed by atoms with van der Waals surface area (Å²) in [6.45, 7) is 2.07. The Bertz CT molecular complexity index is 737. The second kappa shape index (κ2) is 7.70. The summed E-state index contributed by atoms with van der Waals surface area (Å²) in [6.07, 6.45) is 2.23. The van der Waals surface area contributed by atoms with E-state index in [1.54, 1.807) is 7.11 Å². The molecular weight excluding hydrogens is 314 g/mol. The third kappa shape index (κ3) is 4.02. The van der Waals surface area contributed by atoms with Crippen molar-refractivity contribution in [2.45, 2.75) is 38.3 Å². The zero-order valence-corrected chi connectivity index (χ0v) is 14.7. The van der Waals surface area contributed by atoms with Gasteiger partial charge in [0.05, 0.1) is 13.2 Å². The molecule has 0 spiro atoms. The van der Waals surface area contributed by atoms with Crippen molar-refractivity contribution in [3.63, 3.8) is 0 Å². The molecule has 4 nitrogen and oxygen atoms in total. The van der Waals surface area contributed by atoms with Crippen LogP contribution in [0.25, 0.3) is 11.1 Å². The van der Waals surface area contributed by atoms with E-state index in [2.05, 4.69) is 12.2 Å². The average Bonchev–Trinajstić information content (AvgIpc) is 2.63. The van der Waals surface area contributed by atoms with E-state index in [1.165, 1.54) is 0 Å². The fraction of sp³-hybridized carbons (Fsp3) is 0.381. The van der Waals surface area contributed by atoms with E-state index in [0.717, 1.165) is 36.1 Å². The van der Waals surface area contributed by atoms with Crippen molar-refractivity contribution in [2.75, 3.05) is 7.11 Å². The highest BCUT2D eigenvalue weighted by atomic mass is 16.5. The van der Waals surface area contributed by atoms with Gasteiger partial charge in [0, 0.05) is 11.6 Å². The number of amides is 1. The van der Waals surface area contributed by atoms with E-state index in [-0.39, 0.29) is 18.1 Å². The Hall–Kier alpha value is -2.33. The molecule has 0 unspecified atom stereocenters. The summed E-state index contributed by atoms with van der Waals surface area (Å²) in [5.74, 6) is 1.12. The third-order valence-electron chi connectivity index (χ3n) is 5.00. The molecule has 3 rings (SSSR count). The summed E-state index contributed by atoms with van der Waals surface area (Å²) >= 11 is 0. The van der Waals surface area contributed by atoms with Gasteiger partial charge in [0.25, 0.3) is 5.91 Å². The fourth-order valence-corrected chi connectivity index (χ4v) is 3.41. The van der Waals surface area contributed by atoms with Gasteiger partial charge in [-0.1, -0.05) is 31.2 Å². The van der Waals surface area contributed by atoms with Crippen LogP contribution in [0.1, 0.15) is 36.5 Å². The fourth-order valence-electron chi connectivity index (χ4n) is 3.41. The predicted octanol–water partition coefficient (Wildman–Crippen LogP) is 3.64. The van der Waals surface area contributed by atoms with E-state index in [9.17, 15) is 9.90 Å². The van der Waals surface area contributed by atoms with Crippen LogP contribution in [-0.4, -0.2) is 30.3 Å². The van der Waals surface area contributed by atoms with Gasteiger partial charge in [-0.2, -0.15) is 0 Å². The molecule has 25 heavy (non-hydrogen) atoms. The number of aliphatic hydroxyl groups excluding tert-OH is 1. The SMILES string of the molecule is CC[C@@H](NC(=O)c1cccc(-c2cccc(OC)c2)c1)C1CC(O)C1. The van der Waals surface area contributed by atoms with Crippen molar-refractivity contribution in [3.8, 4) is 16.9 Å². The van der Waals surface area contributed by atoms with E-state index in [0.29, 0.717) is 11.5 Å². The van der Waals surface area contributed by atoms with Crippen LogP contribution in [0.15, 0.2) is 48.5 Å². The van der Waals surface area contributed by atoms with Crippen LogP contribution < -0.4 is 10.1 Å². The molecule has 2 aromatic rings. The second-order valence-electron chi connectivity index (χ2n) is 6.69. The molecule has 0 heterocycles. The molecule has 0 saturated heterocycles. The highest BCUT2D eigenvalue weighted by molar-refractivity contribution is 5.95. The second-order valence-corrected chi connectivity index (χ2v) is 6.69. The maximum atomic E-state index is 12.6. The number of nitrogens with one attached hydrogen (secondary N) is 1. The molecule has 1 aliphatic rings. The molecule has 0 aromatic heterocycles. The lowest BCUT2D eigenvalue weighted by atomic mass is 9.76. The van der Waals surface area contributed by atoms with Crippen LogP contribution in [0.5, 0.6) is 5.75 Å². The quantitative estimate of drug-likeness (QED) is 0.845. The molecule has 2 aromatic carbocycles. The summed E-state index contributed by atoms with van der Waals surface area (Å²) in [5.41, 5.74) is 2.65. The minimum atomic E-state index is -0.202. The Balaban J connectivity index is 1.75. The molecule has 1 saturated carbocycles. The highest BCUT2D eigenvalue weighted by Gasteiger charge is 2.33. The number of rotatable bonds is 6. The molecular formula is C21H25NO3. The molecule has 1 amide bonds. The van der Waals surface area contributed by atoms with Crippen LogP contribution in [0.3, 0.4) is 0 Å². The zero-order valence-electron chi connectivity index (χ0n) is 14.7. The Kier molecular flexibility index (Phi) is 5.39. The summed E-state index contributed by atoms with van der Waals surface area (Å²) < 4.78 is 5.28. The smallest absolute Gasteiger partial charge is 0.251 e.